The predicted octanol–water partition coefficient (Wildman–Crippen LogP) is 2.09. The van der Waals surface area contributed by atoms with E-state index in [0.29, 0.717) is 18.7 Å². The van der Waals surface area contributed by atoms with Gasteiger partial charge in [0.1, 0.15) is 5.82 Å². The van der Waals surface area contributed by atoms with Crippen molar-refractivity contribution in [2.45, 2.75) is 32.7 Å². The molecule has 1 fully saturated rings. The Hall–Kier alpha value is -1.91. The average Bonchev–Trinajstić information content (AvgIpc) is 2.37. The zero-order valence-corrected chi connectivity index (χ0v) is 12.3. The number of carbonyl (C=O) groups excluding carboxylic acids is 2. The summed E-state index contributed by atoms with van der Waals surface area (Å²) < 4.78 is 13.6. The summed E-state index contributed by atoms with van der Waals surface area (Å²) in [6.45, 7) is 2.47. The summed E-state index contributed by atoms with van der Waals surface area (Å²) in [5, 5.41) is 2.84. The molecule has 0 spiro atoms. The zero-order chi connectivity index (χ0) is 15.2. The second kappa shape index (κ2) is 7.20. The van der Waals surface area contributed by atoms with E-state index in [-0.39, 0.29) is 30.1 Å². The number of amides is 2. The van der Waals surface area contributed by atoms with E-state index in [1.165, 1.54) is 13.0 Å². The van der Waals surface area contributed by atoms with Crippen LogP contribution < -0.4 is 5.32 Å². The first-order chi connectivity index (χ1) is 10.1. The maximum atomic E-state index is 13.6. The maximum Gasteiger partial charge on any atom is 0.223 e. The molecule has 5 heteroatoms. The topological polar surface area (TPSA) is 49.4 Å². The molecule has 1 aliphatic carbocycles. The molecule has 4 nitrogen and oxygen atoms in total. The number of hydrogen-bond donors (Lipinski definition) is 1. The van der Waals surface area contributed by atoms with Crippen LogP contribution in [-0.4, -0.2) is 29.8 Å². The Balaban J connectivity index is 1.83. The van der Waals surface area contributed by atoms with Gasteiger partial charge in [-0.3, -0.25) is 9.59 Å². The second-order valence-electron chi connectivity index (χ2n) is 5.45. The van der Waals surface area contributed by atoms with E-state index in [9.17, 15) is 14.0 Å². The third-order valence-corrected chi connectivity index (χ3v) is 3.92. The molecule has 0 bridgehead atoms. The molecule has 1 saturated carbocycles. The molecule has 2 amide bonds. The highest BCUT2D eigenvalue weighted by Gasteiger charge is 2.24. The van der Waals surface area contributed by atoms with Crippen LogP contribution in [0.4, 0.5) is 4.39 Å². The van der Waals surface area contributed by atoms with Crippen molar-refractivity contribution in [3.05, 3.63) is 35.6 Å². The molecule has 21 heavy (non-hydrogen) atoms. The van der Waals surface area contributed by atoms with E-state index in [2.05, 4.69) is 5.32 Å². The number of halogens is 1. The van der Waals surface area contributed by atoms with Gasteiger partial charge in [0, 0.05) is 38.0 Å². The summed E-state index contributed by atoms with van der Waals surface area (Å²) in [6, 6.07) is 6.41. The molecule has 0 saturated heterocycles. The third-order valence-electron chi connectivity index (χ3n) is 3.92. The minimum atomic E-state index is -0.317. The Morgan fingerprint density at radius 1 is 1.33 bits per heavy atom. The molecule has 0 aliphatic heterocycles. The van der Waals surface area contributed by atoms with Crippen LogP contribution in [0, 0.1) is 11.7 Å². The van der Waals surface area contributed by atoms with Crippen LogP contribution in [-0.2, 0) is 16.1 Å². The van der Waals surface area contributed by atoms with E-state index in [4.69, 9.17) is 0 Å². The molecular weight excluding hydrogens is 271 g/mol. The fourth-order valence-corrected chi connectivity index (χ4v) is 2.31. The lowest BCUT2D eigenvalue weighted by Gasteiger charge is -2.26. The van der Waals surface area contributed by atoms with Crippen molar-refractivity contribution in [3.63, 3.8) is 0 Å². The zero-order valence-electron chi connectivity index (χ0n) is 12.3. The lowest BCUT2D eigenvalue weighted by molar-refractivity contribution is -0.131. The quantitative estimate of drug-likeness (QED) is 0.873. The van der Waals surface area contributed by atoms with Gasteiger partial charge < -0.3 is 10.2 Å². The molecule has 2 rings (SSSR count). The van der Waals surface area contributed by atoms with Crippen molar-refractivity contribution in [1.82, 2.24) is 10.2 Å². The molecule has 1 N–H and O–H groups in total. The molecule has 0 radical (unpaired) electrons. The van der Waals surface area contributed by atoms with Crippen molar-refractivity contribution in [2.75, 3.05) is 13.1 Å². The van der Waals surface area contributed by atoms with Crippen molar-refractivity contribution < 1.29 is 14.0 Å². The first-order valence-corrected chi connectivity index (χ1v) is 7.34. The van der Waals surface area contributed by atoms with Crippen molar-refractivity contribution in [2.24, 2.45) is 5.92 Å². The second-order valence-corrected chi connectivity index (χ2v) is 5.45. The van der Waals surface area contributed by atoms with Gasteiger partial charge in [-0.05, 0) is 18.9 Å². The number of benzene rings is 1. The Labute approximate surface area is 124 Å². The summed E-state index contributed by atoms with van der Waals surface area (Å²) in [4.78, 5) is 24.9. The minimum absolute atomic E-state index is 0.0654. The summed E-state index contributed by atoms with van der Waals surface area (Å²) in [5.41, 5.74) is 0.484. The van der Waals surface area contributed by atoms with Crippen molar-refractivity contribution in [1.29, 1.82) is 0 Å². The van der Waals surface area contributed by atoms with E-state index in [1.807, 2.05) is 0 Å². The van der Waals surface area contributed by atoms with Gasteiger partial charge in [-0.25, -0.2) is 4.39 Å². The maximum absolute atomic E-state index is 13.6. The van der Waals surface area contributed by atoms with Gasteiger partial charge in [-0.2, -0.15) is 0 Å². The smallest absolute Gasteiger partial charge is 0.223 e. The van der Waals surface area contributed by atoms with Crippen LogP contribution in [0.5, 0.6) is 0 Å². The van der Waals surface area contributed by atoms with Gasteiger partial charge >= 0.3 is 0 Å². The molecule has 0 unspecified atom stereocenters. The molecule has 0 atom stereocenters. The standard InChI is InChI=1S/C16H21FN2O2/c1-12(20)19(11-14-5-2-3-8-15(14)17)10-9-18-16(21)13-6-4-7-13/h2-3,5,8,13H,4,6-7,9-11H2,1H3,(H,18,21). The normalized spacial score (nSPS) is 14.4. The predicted molar refractivity (Wildman–Crippen MR) is 77.8 cm³/mol. The van der Waals surface area contributed by atoms with Gasteiger partial charge in [-0.15, -0.1) is 0 Å². The molecule has 1 aromatic rings. The summed E-state index contributed by atoms with van der Waals surface area (Å²) in [5.74, 6) is -0.239. The molecule has 1 aromatic carbocycles. The Morgan fingerprint density at radius 2 is 2.05 bits per heavy atom. The fourth-order valence-electron chi connectivity index (χ4n) is 2.31. The van der Waals surface area contributed by atoms with Gasteiger partial charge in [0.2, 0.25) is 11.8 Å². The Bertz CT molecular complexity index is 515. The fraction of sp³-hybridized carbons (Fsp3) is 0.500. The molecule has 0 aromatic heterocycles. The Morgan fingerprint density at radius 3 is 2.62 bits per heavy atom. The molecule has 1 aliphatic rings. The van der Waals surface area contributed by atoms with Crippen LogP contribution >= 0.6 is 0 Å². The number of nitrogens with one attached hydrogen (secondary N) is 1. The van der Waals surface area contributed by atoms with E-state index in [0.717, 1.165) is 19.3 Å². The highest BCUT2D eigenvalue weighted by atomic mass is 19.1. The van der Waals surface area contributed by atoms with E-state index >= 15 is 0 Å². The summed E-state index contributed by atoms with van der Waals surface area (Å²) in [6.07, 6.45) is 3.03. The minimum Gasteiger partial charge on any atom is -0.354 e. The molecule has 114 valence electrons. The monoisotopic (exact) mass is 292 g/mol. The van der Waals surface area contributed by atoms with Gasteiger partial charge in [0.05, 0.1) is 0 Å². The van der Waals surface area contributed by atoms with E-state index in [1.54, 1.807) is 23.1 Å². The average molecular weight is 292 g/mol. The summed E-state index contributed by atoms with van der Waals surface area (Å²) >= 11 is 0. The number of nitrogens with zero attached hydrogens (tertiary/aromatic N) is 1. The molecule has 0 heterocycles. The van der Waals surface area contributed by atoms with Crippen LogP contribution in [0.1, 0.15) is 31.7 Å². The van der Waals surface area contributed by atoms with Crippen LogP contribution in [0.3, 0.4) is 0 Å². The first-order valence-electron chi connectivity index (χ1n) is 7.34. The number of rotatable bonds is 6. The highest BCUT2D eigenvalue weighted by Crippen LogP contribution is 2.26. The van der Waals surface area contributed by atoms with Gasteiger partial charge in [-0.1, -0.05) is 24.6 Å². The van der Waals surface area contributed by atoms with E-state index < -0.39 is 0 Å². The first kappa shape index (κ1) is 15.5. The third kappa shape index (κ3) is 4.28. The molecular formula is C16H21FN2O2. The van der Waals surface area contributed by atoms with Crippen LogP contribution in [0.25, 0.3) is 0 Å². The number of carbonyl (C=O) groups is 2. The van der Waals surface area contributed by atoms with Crippen molar-refractivity contribution in [3.8, 4) is 0 Å². The Kier molecular flexibility index (Phi) is 5.31. The highest BCUT2D eigenvalue weighted by molar-refractivity contribution is 5.79. The van der Waals surface area contributed by atoms with Gasteiger partial charge in [0.15, 0.2) is 0 Å². The summed E-state index contributed by atoms with van der Waals surface area (Å²) in [7, 11) is 0. The lowest BCUT2D eigenvalue weighted by atomic mass is 9.85. The number of hydrogen-bond acceptors (Lipinski definition) is 2. The van der Waals surface area contributed by atoms with Crippen molar-refractivity contribution >= 4 is 11.8 Å². The van der Waals surface area contributed by atoms with Crippen LogP contribution in [0.2, 0.25) is 0 Å². The van der Waals surface area contributed by atoms with Crippen LogP contribution in [0.15, 0.2) is 24.3 Å². The lowest BCUT2D eigenvalue weighted by Crippen LogP contribution is -2.40. The largest absolute Gasteiger partial charge is 0.354 e. The van der Waals surface area contributed by atoms with Gasteiger partial charge in [0.25, 0.3) is 0 Å². The SMILES string of the molecule is CC(=O)N(CCNC(=O)C1CCC1)Cc1ccccc1F.